The molecule has 1 aliphatic carbocycles. The Labute approximate surface area is 129 Å². The Balaban J connectivity index is 2.01. The fourth-order valence-electron chi connectivity index (χ4n) is 3.27. The fraction of sp³-hybridized carbons (Fsp3) is 0.667. The first kappa shape index (κ1) is 16.2. The third kappa shape index (κ3) is 4.13. The minimum atomic E-state index is 0.282. The second kappa shape index (κ2) is 7.17. The molecule has 0 aliphatic heterocycles. The molecule has 0 spiro atoms. The lowest BCUT2D eigenvalue weighted by Crippen LogP contribution is -2.35. The number of ether oxygens (including phenoxy) is 2. The molecule has 3 nitrogen and oxygen atoms in total. The van der Waals surface area contributed by atoms with Gasteiger partial charge in [0.05, 0.1) is 14.2 Å². The van der Waals surface area contributed by atoms with Crippen LogP contribution in [0.5, 0.6) is 11.5 Å². The Morgan fingerprint density at radius 2 is 1.86 bits per heavy atom. The van der Waals surface area contributed by atoms with E-state index in [0.29, 0.717) is 5.41 Å². The van der Waals surface area contributed by atoms with Gasteiger partial charge in [0.25, 0.3) is 0 Å². The van der Waals surface area contributed by atoms with Gasteiger partial charge in [-0.2, -0.15) is 0 Å². The van der Waals surface area contributed by atoms with Gasteiger partial charge in [-0.05, 0) is 31.2 Å². The molecular formula is C18H29NO2. The van der Waals surface area contributed by atoms with Crippen molar-refractivity contribution in [2.45, 2.75) is 52.0 Å². The lowest BCUT2D eigenvalue weighted by atomic mass is 9.75. The van der Waals surface area contributed by atoms with E-state index in [1.54, 1.807) is 14.2 Å². The number of methoxy groups -OCH3 is 2. The number of hydrogen-bond acceptors (Lipinski definition) is 3. The van der Waals surface area contributed by atoms with Crippen molar-refractivity contribution < 1.29 is 9.47 Å². The lowest BCUT2D eigenvalue weighted by Gasteiger charge is -2.35. The van der Waals surface area contributed by atoms with Gasteiger partial charge in [-0.15, -0.1) is 0 Å². The highest BCUT2D eigenvalue weighted by molar-refractivity contribution is 5.42. The molecule has 1 atom stereocenters. The van der Waals surface area contributed by atoms with Crippen molar-refractivity contribution in [3.05, 3.63) is 23.8 Å². The molecule has 1 aromatic carbocycles. The molecule has 0 heterocycles. The molecule has 21 heavy (non-hydrogen) atoms. The highest BCUT2D eigenvalue weighted by Gasteiger charge is 2.27. The van der Waals surface area contributed by atoms with Gasteiger partial charge >= 0.3 is 0 Å². The Bertz CT molecular complexity index is 453. The van der Waals surface area contributed by atoms with E-state index in [1.807, 2.05) is 12.1 Å². The zero-order chi connectivity index (χ0) is 15.3. The maximum Gasteiger partial charge on any atom is 0.127 e. The molecule has 1 aromatic rings. The van der Waals surface area contributed by atoms with Gasteiger partial charge in [-0.1, -0.05) is 32.3 Å². The van der Waals surface area contributed by atoms with E-state index in [0.717, 1.165) is 18.0 Å². The summed E-state index contributed by atoms with van der Waals surface area (Å²) < 4.78 is 10.8. The Morgan fingerprint density at radius 1 is 1.14 bits per heavy atom. The number of rotatable bonds is 6. The minimum Gasteiger partial charge on any atom is -0.497 e. The second-order valence-corrected chi connectivity index (χ2v) is 6.58. The van der Waals surface area contributed by atoms with Gasteiger partial charge in [0.1, 0.15) is 11.5 Å². The summed E-state index contributed by atoms with van der Waals surface area (Å²) in [5.41, 5.74) is 1.64. The average Bonchev–Trinajstić information content (AvgIpc) is 2.52. The van der Waals surface area contributed by atoms with Gasteiger partial charge in [0.2, 0.25) is 0 Å². The molecule has 1 N–H and O–H groups in total. The first-order valence-electron chi connectivity index (χ1n) is 8.03. The van der Waals surface area contributed by atoms with E-state index in [-0.39, 0.29) is 6.04 Å². The molecule has 0 amide bonds. The van der Waals surface area contributed by atoms with Crippen LogP contribution in [0, 0.1) is 5.41 Å². The monoisotopic (exact) mass is 291 g/mol. The summed E-state index contributed by atoms with van der Waals surface area (Å²) in [6.45, 7) is 5.69. The van der Waals surface area contributed by atoms with Crippen LogP contribution in [0.15, 0.2) is 18.2 Å². The molecule has 3 heteroatoms. The van der Waals surface area contributed by atoms with Gasteiger partial charge in [0, 0.05) is 24.2 Å². The summed E-state index contributed by atoms with van der Waals surface area (Å²) in [5, 5.41) is 3.70. The van der Waals surface area contributed by atoms with Crippen molar-refractivity contribution in [1.29, 1.82) is 0 Å². The van der Waals surface area contributed by atoms with E-state index in [2.05, 4.69) is 25.2 Å². The maximum absolute atomic E-state index is 5.51. The molecule has 0 bridgehead atoms. The average molecular weight is 291 g/mol. The Kier molecular flexibility index (Phi) is 5.51. The van der Waals surface area contributed by atoms with E-state index in [9.17, 15) is 0 Å². The van der Waals surface area contributed by atoms with Crippen molar-refractivity contribution in [2.75, 3.05) is 20.8 Å². The summed E-state index contributed by atoms with van der Waals surface area (Å²) in [4.78, 5) is 0. The van der Waals surface area contributed by atoms with E-state index < -0.39 is 0 Å². The molecular weight excluding hydrogens is 262 g/mol. The van der Waals surface area contributed by atoms with Crippen LogP contribution in [-0.2, 0) is 0 Å². The summed E-state index contributed by atoms with van der Waals surface area (Å²) in [7, 11) is 3.40. The number of benzene rings is 1. The van der Waals surface area contributed by atoms with E-state index in [4.69, 9.17) is 9.47 Å². The Hall–Kier alpha value is -1.22. The minimum absolute atomic E-state index is 0.282. The third-order valence-electron chi connectivity index (χ3n) is 4.80. The number of nitrogens with one attached hydrogen (secondary N) is 1. The SMILES string of the molecule is COc1ccc(C(C)NCC2(C)CCCCC2)c(OC)c1. The quantitative estimate of drug-likeness (QED) is 0.846. The van der Waals surface area contributed by atoms with E-state index in [1.165, 1.54) is 37.7 Å². The van der Waals surface area contributed by atoms with Gasteiger partial charge in [0.15, 0.2) is 0 Å². The fourth-order valence-corrected chi connectivity index (χ4v) is 3.27. The van der Waals surface area contributed by atoms with Crippen molar-refractivity contribution in [3.63, 3.8) is 0 Å². The van der Waals surface area contributed by atoms with Crippen LogP contribution in [-0.4, -0.2) is 20.8 Å². The zero-order valence-electron chi connectivity index (χ0n) is 13.9. The highest BCUT2D eigenvalue weighted by Crippen LogP contribution is 2.36. The smallest absolute Gasteiger partial charge is 0.127 e. The highest BCUT2D eigenvalue weighted by atomic mass is 16.5. The molecule has 2 rings (SSSR count). The summed E-state index contributed by atoms with van der Waals surface area (Å²) in [5.74, 6) is 1.73. The molecule has 118 valence electrons. The first-order valence-corrected chi connectivity index (χ1v) is 8.03. The van der Waals surface area contributed by atoms with E-state index >= 15 is 0 Å². The van der Waals surface area contributed by atoms with Gasteiger partial charge < -0.3 is 14.8 Å². The molecule has 1 unspecified atom stereocenters. The summed E-state index contributed by atoms with van der Waals surface area (Å²) in [6.07, 6.45) is 6.83. The predicted molar refractivity (Wildman–Crippen MR) is 87.2 cm³/mol. The zero-order valence-corrected chi connectivity index (χ0v) is 13.9. The predicted octanol–water partition coefficient (Wildman–Crippen LogP) is 4.32. The maximum atomic E-state index is 5.51. The molecule has 0 saturated heterocycles. The molecule has 0 aromatic heterocycles. The van der Waals surface area contributed by atoms with Crippen LogP contribution in [0.2, 0.25) is 0 Å². The Morgan fingerprint density at radius 3 is 2.48 bits per heavy atom. The molecule has 1 fully saturated rings. The summed E-state index contributed by atoms with van der Waals surface area (Å²) in [6, 6.07) is 6.33. The molecule has 1 saturated carbocycles. The van der Waals surface area contributed by atoms with Crippen LogP contribution in [0.4, 0.5) is 0 Å². The largest absolute Gasteiger partial charge is 0.497 e. The third-order valence-corrected chi connectivity index (χ3v) is 4.80. The van der Waals surface area contributed by atoms with Crippen LogP contribution in [0.3, 0.4) is 0 Å². The van der Waals surface area contributed by atoms with Crippen LogP contribution >= 0.6 is 0 Å². The molecule has 1 aliphatic rings. The topological polar surface area (TPSA) is 30.5 Å². The molecule has 0 radical (unpaired) electrons. The van der Waals surface area contributed by atoms with Crippen molar-refractivity contribution >= 4 is 0 Å². The second-order valence-electron chi connectivity index (χ2n) is 6.58. The van der Waals surface area contributed by atoms with Crippen LogP contribution in [0.25, 0.3) is 0 Å². The van der Waals surface area contributed by atoms with Crippen LogP contribution in [0.1, 0.15) is 57.6 Å². The van der Waals surface area contributed by atoms with Crippen molar-refractivity contribution in [2.24, 2.45) is 5.41 Å². The van der Waals surface area contributed by atoms with Crippen LogP contribution < -0.4 is 14.8 Å². The van der Waals surface area contributed by atoms with Crippen molar-refractivity contribution in [3.8, 4) is 11.5 Å². The standard InChI is InChI=1S/C18H29NO2/c1-14(19-13-18(2)10-6-5-7-11-18)16-9-8-15(20-3)12-17(16)21-4/h8-9,12,14,19H,5-7,10-11,13H2,1-4H3. The van der Waals surface area contributed by atoms with Gasteiger partial charge in [-0.25, -0.2) is 0 Å². The van der Waals surface area contributed by atoms with Crippen molar-refractivity contribution in [1.82, 2.24) is 5.32 Å². The number of hydrogen-bond donors (Lipinski definition) is 1. The van der Waals surface area contributed by atoms with Gasteiger partial charge in [-0.3, -0.25) is 0 Å². The lowest BCUT2D eigenvalue weighted by molar-refractivity contribution is 0.201. The normalized spacial score (nSPS) is 19.0. The summed E-state index contributed by atoms with van der Waals surface area (Å²) >= 11 is 0. The first-order chi connectivity index (χ1) is 10.1.